The average Bonchev–Trinajstić information content (AvgIpc) is 3.08. The number of hydrogen-bond acceptors (Lipinski definition) is 9. The molecular weight excluding hydrogens is 398 g/mol. The van der Waals surface area contributed by atoms with Crippen LogP contribution >= 0.6 is 0 Å². The first-order valence-electron chi connectivity index (χ1n) is 9.60. The van der Waals surface area contributed by atoms with Crippen molar-refractivity contribution in [2.75, 3.05) is 5.32 Å². The fourth-order valence-electron chi connectivity index (χ4n) is 4.87. The number of carbonyl (C=O) groups excluding carboxylic acids is 1. The maximum Gasteiger partial charge on any atom is 0.422 e. The molecule has 1 amide bonds. The van der Waals surface area contributed by atoms with E-state index in [-0.39, 0.29) is 5.84 Å². The van der Waals surface area contributed by atoms with Gasteiger partial charge in [0.15, 0.2) is 5.41 Å². The van der Waals surface area contributed by atoms with Crippen molar-refractivity contribution in [1.82, 2.24) is 0 Å². The molecule has 1 aromatic rings. The van der Waals surface area contributed by atoms with Crippen molar-refractivity contribution >= 4 is 28.9 Å². The zero-order valence-electron chi connectivity index (χ0n) is 17.8. The molecule has 1 saturated carbocycles. The van der Waals surface area contributed by atoms with E-state index in [4.69, 9.17) is 15.4 Å². The number of rotatable bonds is 4. The van der Waals surface area contributed by atoms with Gasteiger partial charge in [-0.05, 0) is 46.2 Å². The SMILES string of the molecule is CC(C)=NOC1(ON=C(C)C)N=C(N)[C@]2(C#N)[C@]3(C(=O)Nc4ccc(C)cc43)[C@]12C#N. The molecule has 0 bridgehead atoms. The van der Waals surface area contributed by atoms with Gasteiger partial charge >= 0.3 is 5.91 Å². The van der Waals surface area contributed by atoms with E-state index in [0.29, 0.717) is 22.7 Å². The van der Waals surface area contributed by atoms with Crippen molar-refractivity contribution in [3.05, 3.63) is 29.3 Å². The largest absolute Gasteiger partial charge is 0.422 e. The molecule has 158 valence electrons. The smallest absolute Gasteiger partial charge is 0.386 e. The van der Waals surface area contributed by atoms with E-state index in [1.165, 1.54) is 0 Å². The van der Waals surface area contributed by atoms with E-state index in [1.54, 1.807) is 39.8 Å². The van der Waals surface area contributed by atoms with Gasteiger partial charge in [-0.3, -0.25) is 4.79 Å². The molecule has 0 aromatic heterocycles. The summed E-state index contributed by atoms with van der Waals surface area (Å²) in [5, 5.41) is 31.5. The van der Waals surface area contributed by atoms with E-state index >= 15 is 0 Å². The molecule has 1 aliphatic carbocycles. The van der Waals surface area contributed by atoms with Crippen LogP contribution in [0, 0.1) is 40.4 Å². The molecule has 2 aliphatic heterocycles. The number of carbonyl (C=O) groups is 1. The molecule has 4 rings (SSSR count). The lowest BCUT2D eigenvalue weighted by Crippen LogP contribution is -2.47. The second kappa shape index (κ2) is 6.05. The molecule has 1 aromatic carbocycles. The summed E-state index contributed by atoms with van der Waals surface area (Å²) in [7, 11) is 0. The number of hydrogen-bond donors (Lipinski definition) is 2. The third-order valence-corrected chi connectivity index (χ3v) is 5.96. The zero-order valence-corrected chi connectivity index (χ0v) is 17.8. The van der Waals surface area contributed by atoms with Gasteiger partial charge in [-0.15, -0.1) is 0 Å². The molecule has 1 spiro atoms. The summed E-state index contributed by atoms with van der Waals surface area (Å²) in [5.74, 6) is -3.03. The van der Waals surface area contributed by atoms with Gasteiger partial charge < -0.3 is 20.7 Å². The molecule has 10 heteroatoms. The Labute approximate surface area is 179 Å². The van der Waals surface area contributed by atoms with Gasteiger partial charge in [0.1, 0.15) is 11.3 Å². The number of anilines is 1. The first kappa shape index (κ1) is 20.4. The second-order valence-corrected chi connectivity index (χ2v) is 8.32. The third-order valence-electron chi connectivity index (χ3n) is 5.96. The molecular formula is C21H21N7O3. The maximum absolute atomic E-state index is 13.5. The Balaban J connectivity index is 2.08. The average molecular weight is 419 g/mol. The van der Waals surface area contributed by atoms with Gasteiger partial charge in [0.2, 0.25) is 11.3 Å². The number of fused-ring (bicyclic) bond motifs is 5. The fraction of sp³-hybridized carbons (Fsp3) is 0.429. The Morgan fingerprint density at radius 3 is 2.26 bits per heavy atom. The molecule has 1 fully saturated rings. The highest BCUT2D eigenvalue weighted by Crippen LogP contribution is 2.87. The zero-order chi connectivity index (χ0) is 22.8. The Morgan fingerprint density at radius 1 is 1.13 bits per heavy atom. The standard InChI is InChI=1S/C21H21N7O3/c1-11(2)27-30-21(31-28-12(3)4)19(10-23)18(9-22,16(24)26-21)20(19)14-8-13(5)6-7-15(14)25-17(20)29/h6-8H,1-5H3,(H2,24,26)(H,25,29)/t18-,19+,20-/m0/s1. The molecule has 10 nitrogen and oxygen atoms in total. The Kier molecular flexibility index (Phi) is 3.97. The number of benzene rings is 1. The van der Waals surface area contributed by atoms with Crippen LogP contribution in [0.1, 0.15) is 38.8 Å². The number of nitrogens with zero attached hydrogens (tertiary/aromatic N) is 5. The van der Waals surface area contributed by atoms with E-state index in [9.17, 15) is 15.3 Å². The molecule has 3 N–H and O–H groups in total. The molecule has 3 aliphatic rings. The summed E-state index contributed by atoms with van der Waals surface area (Å²) >= 11 is 0. The van der Waals surface area contributed by atoms with Crippen molar-refractivity contribution in [3.63, 3.8) is 0 Å². The first-order chi connectivity index (χ1) is 14.6. The number of nitriles is 2. The highest BCUT2D eigenvalue weighted by Gasteiger charge is 3.07. The van der Waals surface area contributed by atoms with E-state index in [2.05, 4.69) is 32.8 Å². The van der Waals surface area contributed by atoms with Crippen LogP contribution < -0.4 is 11.1 Å². The molecule has 3 atom stereocenters. The summed E-state index contributed by atoms with van der Waals surface area (Å²) in [6.45, 7) is 8.53. The Bertz CT molecular complexity index is 1180. The van der Waals surface area contributed by atoms with Crippen LogP contribution in [-0.2, 0) is 19.9 Å². The van der Waals surface area contributed by atoms with Gasteiger partial charge in [0.25, 0.3) is 0 Å². The van der Waals surface area contributed by atoms with E-state index in [0.717, 1.165) is 5.56 Å². The lowest BCUT2D eigenvalue weighted by molar-refractivity contribution is -0.263. The summed E-state index contributed by atoms with van der Waals surface area (Å²) in [4.78, 5) is 29.0. The van der Waals surface area contributed by atoms with E-state index in [1.807, 2.05) is 13.0 Å². The molecule has 0 saturated heterocycles. The lowest BCUT2D eigenvalue weighted by atomic mass is 9.83. The van der Waals surface area contributed by atoms with Crippen LogP contribution in [0.2, 0.25) is 0 Å². The topological polar surface area (TPSA) is 158 Å². The van der Waals surface area contributed by atoms with Gasteiger partial charge in [-0.25, -0.2) is 0 Å². The fourth-order valence-corrected chi connectivity index (χ4v) is 4.87. The number of nitrogens with two attached hydrogens (primary N) is 1. The molecule has 0 radical (unpaired) electrons. The second-order valence-electron chi connectivity index (χ2n) is 8.32. The summed E-state index contributed by atoms with van der Waals surface area (Å²) in [6.07, 6.45) is 0. The predicted molar refractivity (Wildman–Crippen MR) is 112 cm³/mol. The van der Waals surface area contributed by atoms with Crippen LogP contribution in [0.4, 0.5) is 5.69 Å². The number of amides is 1. The lowest BCUT2D eigenvalue weighted by Gasteiger charge is -2.29. The van der Waals surface area contributed by atoms with Crippen LogP contribution in [0.25, 0.3) is 0 Å². The predicted octanol–water partition coefficient (Wildman–Crippen LogP) is 2.07. The summed E-state index contributed by atoms with van der Waals surface area (Å²) in [5.41, 5.74) is 3.56. The number of oxime groups is 2. The van der Waals surface area contributed by atoms with Crippen LogP contribution in [0.15, 0.2) is 33.5 Å². The minimum Gasteiger partial charge on any atom is -0.386 e. The Morgan fingerprint density at radius 2 is 1.74 bits per heavy atom. The summed E-state index contributed by atoms with van der Waals surface area (Å²) < 4.78 is 0. The maximum atomic E-state index is 13.5. The van der Waals surface area contributed by atoms with E-state index < -0.39 is 28.1 Å². The van der Waals surface area contributed by atoms with Crippen LogP contribution in [-0.4, -0.2) is 29.1 Å². The molecule has 0 unspecified atom stereocenters. The van der Waals surface area contributed by atoms with Crippen molar-refractivity contribution in [1.29, 1.82) is 10.5 Å². The third kappa shape index (κ3) is 1.95. The van der Waals surface area contributed by atoms with Crippen molar-refractivity contribution in [2.24, 2.45) is 31.9 Å². The van der Waals surface area contributed by atoms with Gasteiger partial charge in [0.05, 0.1) is 23.6 Å². The Hall–Kier alpha value is -3.92. The normalized spacial score (nSPS) is 30.7. The van der Waals surface area contributed by atoms with Gasteiger partial charge in [-0.2, -0.15) is 15.5 Å². The first-order valence-corrected chi connectivity index (χ1v) is 9.60. The number of nitrogens with one attached hydrogen (secondary N) is 1. The van der Waals surface area contributed by atoms with Crippen molar-refractivity contribution in [3.8, 4) is 12.1 Å². The quantitative estimate of drug-likeness (QED) is 0.432. The number of amidine groups is 1. The van der Waals surface area contributed by atoms with Crippen molar-refractivity contribution < 1.29 is 14.5 Å². The van der Waals surface area contributed by atoms with Gasteiger partial charge in [0, 0.05) is 5.69 Å². The highest BCUT2D eigenvalue weighted by molar-refractivity contribution is 6.20. The molecule has 2 heterocycles. The van der Waals surface area contributed by atoms with Crippen LogP contribution in [0.3, 0.4) is 0 Å². The highest BCUT2D eigenvalue weighted by atomic mass is 16.8. The van der Waals surface area contributed by atoms with Crippen LogP contribution in [0.5, 0.6) is 0 Å². The van der Waals surface area contributed by atoms with Crippen molar-refractivity contribution in [2.45, 2.75) is 45.9 Å². The van der Waals surface area contributed by atoms with Gasteiger partial charge in [-0.1, -0.05) is 28.0 Å². The summed E-state index contributed by atoms with van der Waals surface area (Å²) in [6, 6.07) is 9.54. The molecule has 31 heavy (non-hydrogen) atoms. The minimum atomic E-state index is -2.24. The monoisotopic (exact) mass is 419 g/mol. The minimum absolute atomic E-state index is 0.242. The number of aliphatic imine (C=N–C) groups is 1. The number of aryl methyl sites for hydroxylation is 1.